The molecule has 2 atom stereocenters. The van der Waals surface area contributed by atoms with Gasteiger partial charge in [-0.05, 0) is 5.56 Å². The molecule has 0 heterocycles. The fourth-order valence-electron chi connectivity index (χ4n) is 1.58. The van der Waals surface area contributed by atoms with Crippen LogP contribution in [0, 0.1) is 11.3 Å². The van der Waals surface area contributed by atoms with Crippen molar-refractivity contribution < 1.29 is 4.21 Å². The number of hydrogen-bond acceptors (Lipinski definition) is 3. The van der Waals surface area contributed by atoms with Crippen molar-refractivity contribution in [1.82, 2.24) is 5.32 Å². The first kappa shape index (κ1) is 13.9. The molecule has 92 valence electrons. The second-order valence-electron chi connectivity index (χ2n) is 3.71. The van der Waals surface area contributed by atoms with Gasteiger partial charge >= 0.3 is 0 Å². The monoisotopic (exact) mass is 250 g/mol. The highest BCUT2D eigenvalue weighted by molar-refractivity contribution is 7.84. The molecule has 0 bridgehead atoms. The molecule has 0 saturated carbocycles. The lowest BCUT2D eigenvalue weighted by molar-refractivity contribution is 0.563. The van der Waals surface area contributed by atoms with Gasteiger partial charge in [-0.25, -0.2) is 0 Å². The lowest BCUT2D eigenvalue weighted by atomic mass is 10.0. The zero-order chi connectivity index (χ0) is 12.5. The highest BCUT2D eigenvalue weighted by atomic mass is 32.2. The topological polar surface area (TPSA) is 52.9 Å². The van der Waals surface area contributed by atoms with Crippen molar-refractivity contribution in [2.45, 2.75) is 19.4 Å². The Hall–Kier alpha value is -1.18. The highest BCUT2D eigenvalue weighted by Gasteiger charge is 2.09. The predicted molar refractivity (Wildman–Crippen MR) is 71.0 cm³/mol. The van der Waals surface area contributed by atoms with Crippen LogP contribution in [0.15, 0.2) is 30.3 Å². The Labute approximate surface area is 105 Å². The summed E-state index contributed by atoms with van der Waals surface area (Å²) in [5.41, 5.74) is 1.11. The van der Waals surface area contributed by atoms with E-state index >= 15 is 0 Å². The Bertz CT molecular complexity index is 386. The Morgan fingerprint density at radius 3 is 2.71 bits per heavy atom. The van der Waals surface area contributed by atoms with Gasteiger partial charge in [-0.1, -0.05) is 37.3 Å². The minimum Gasteiger partial charge on any atom is -0.308 e. The molecule has 4 heteroatoms. The SMILES string of the molecule is CCS(=O)CCNC(CC#N)c1ccccc1. The van der Waals surface area contributed by atoms with E-state index in [1.807, 2.05) is 37.3 Å². The van der Waals surface area contributed by atoms with Crippen LogP contribution in [0.1, 0.15) is 24.9 Å². The molecule has 1 aromatic rings. The Kier molecular flexibility index (Phi) is 6.53. The Morgan fingerprint density at radius 1 is 1.41 bits per heavy atom. The molecule has 2 unspecified atom stereocenters. The van der Waals surface area contributed by atoms with Crippen LogP contribution in [0.4, 0.5) is 0 Å². The van der Waals surface area contributed by atoms with E-state index < -0.39 is 10.8 Å². The molecule has 0 fully saturated rings. The molecule has 3 nitrogen and oxygen atoms in total. The summed E-state index contributed by atoms with van der Waals surface area (Å²) in [6.07, 6.45) is 0.433. The lowest BCUT2D eigenvalue weighted by Crippen LogP contribution is -2.26. The van der Waals surface area contributed by atoms with E-state index in [1.165, 1.54) is 0 Å². The van der Waals surface area contributed by atoms with Crippen LogP contribution in [0.25, 0.3) is 0 Å². The number of benzene rings is 1. The van der Waals surface area contributed by atoms with E-state index in [0.717, 1.165) is 5.56 Å². The molecule has 0 aromatic heterocycles. The van der Waals surface area contributed by atoms with Crippen molar-refractivity contribution in [1.29, 1.82) is 5.26 Å². The quantitative estimate of drug-likeness (QED) is 0.805. The van der Waals surface area contributed by atoms with Gasteiger partial charge in [-0.2, -0.15) is 5.26 Å². The van der Waals surface area contributed by atoms with Crippen LogP contribution in [-0.4, -0.2) is 22.3 Å². The summed E-state index contributed by atoms with van der Waals surface area (Å²) >= 11 is 0. The Morgan fingerprint density at radius 2 is 2.12 bits per heavy atom. The van der Waals surface area contributed by atoms with Crippen LogP contribution in [-0.2, 0) is 10.8 Å². The number of nitriles is 1. The molecule has 0 spiro atoms. The van der Waals surface area contributed by atoms with Crippen molar-refractivity contribution in [3.05, 3.63) is 35.9 Å². The standard InChI is InChI=1S/C13H18N2OS/c1-2-17(16)11-10-15-13(8-9-14)12-6-4-3-5-7-12/h3-7,13,15H,2,8,10-11H2,1H3. The first-order valence-corrected chi connectivity index (χ1v) is 7.27. The van der Waals surface area contributed by atoms with Crippen LogP contribution in [0.2, 0.25) is 0 Å². The van der Waals surface area contributed by atoms with Gasteiger partial charge in [0.2, 0.25) is 0 Å². The first-order chi connectivity index (χ1) is 8.27. The van der Waals surface area contributed by atoms with Gasteiger partial charge in [0.1, 0.15) is 0 Å². The Balaban J connectivity index is 2.50. The zero-order valence-electron chi connectivity index (χ0n) is 10.1. The second-order valence-corrected chi connectivity index (χ2v) is 5.58. The van der Waals surface area contributed by atoms with Gasteiger partial charge in [0.05, 0.1) is 12.5 Å². The maximum Gasteiger partial charge on any atom is 0.0641 e. The average molecular weight is 250 g/mol. The maximum atomic E-state index is 11.3. The fraction of sp³-hybridized carbons (Fsp3) is 0.462. The summed E-state index contributed by atoms with van der Waals surface area (Å²) in [4.78, 5) is 0. The van der Waals surface area contributed by atoms with Gasteiger partial charge in [-0.3, -0.25) is 4.21 Å². The minimum absolute atomic E-state index is 0.0371. The van der Waals surface area contributed by atoms with E-state index in [0.29, 0.717) is 24.5 Å². The zero-order valence-corrected chi connectivity index (χ0v) is 10.9. The largest absolute Gasteiger partial charge is 0.308 e. The summed E-state index contributed by atoms with van der Waals surface area (Å²) in [6, 6.07) is 12.1. The van der Waals surface area contributed by atoms with Gasteiger partial charge < -0.3 is 5.32 Å². The summed E-state index contributed by atoms with van der Waals surface area (Å²) in [6.45, 7) is 2.60. The van der Waals surface area contributed by atoms with Gasteiger partial charge in [0.25, 0.3) is 0 Å². The van der Waals surface area contributed by atoms with Crippen LogP contribution in [0.5, 0.6) is 0 Å². The van der Waals surface area contributed by atoms with Gasteiger partial charge in [0, 0.05) is 34.9 Å². The molecule has 0 aliphatic rings. The molecule has 17 heavy (non-hydrogen) atoms. The number of rotatable bonds is 7. The molecule has 0 amide bonds. The number of nitrogens with one attached hydrogen (secondary N) is 1. The lowest BCUT2D eigenvalue weighted by Gasteiger charge is -2.15. The van der Waals surface area contributed by atoms with E-state index in [9.17, 15) is 4.21 Å². The third-order valence-electron chi connectivity index (χ3n) is 2.54. The molecule has 0 aliphatic heterocycles. The van der Waals surface area contributed by atoms with Crippen LogP contribution < -0.4 is 5.32 Å². The molecule has 0 radical (unpaired) electrons. The predicted octanol–water partition coefficient (Wildman–Crippen LogP) is 2.00. The van der Waals surface area contributed by atoms with Crippen LogP contribution >= 0.6 is 0 Å². The molecule has 1 N–H and O–H groups in total. The number of hydrogen-bond donors (Lipinski definition) is 1. The molecular formula is C13H18N2OS. The summed E-state index contributed by atoms with van der Waals surface area (Å²) in [7, 11) is -0.749. The normalized spacial score (nSPS) is 13.9. The van der Waals surface area contributed by atoms with Crippen molar-refractivity contribution in [2.24, 2.45) is 0 Å². The molecule has 0 aliphatic carbocycles. The summed E-state index contributed by atoms with van der Waals surface area (Å²) in [5, 5.41) is 12.1. The second kappa shape index (κ2) is 7.99. The fourth-order valence-corrected chi connectivity index (χ4v) is 2.21. The minimum atomic E-state index is -0.749. The average Bonchev–Trinajstić information content (AvgIpc) is 2.38. The van der Waals surface area contributed by atoms with Gasteiger partial charge in [0.15, 0.2) is 0 Å². The van der Waals surface area contributed by atoms with E-state index in [4.69, 9.17) is 5.26 Å². The van der Waals surface area contributed by atoms with Crippen LogP contribution in [0.3, 0.4) is 0 Å². The van der Waals surface area contributed by atoms with Crippen molar-refractivity contribution in [3.8, 4) is 6.07 Å². The van der Waals surface area contributed by atoms with Crippen molar-refractivity contribution in [2.75, 3.05) is 18.1 Å². The van der Waals surface area contributed by atoms with Crippen molar-refractivity contribution in [3.63, 3.8) is 0 Å². The molecule has 1 rings (SSSR count). The smallest absolute Gasteiger partial charge is 0.0641 e. The number of nitrogens with zero attached hydrogens (tertiary/aromatic N) is 1. The molecule has 0 saturated heterocycles. The highest BCUT2D eigenvalue weighted by Crippen LogP contribution is 2.15. The third kappa shape index (κ3) is 5.12. The molecular weight excluding hydrogens is 232 g/mol. The summed E-state index contributed by atoms with van der Waals surface area (Å²) in [5.74, 6) is 1.33. The third-order valence-corrected chi connectivity index (χ3v) is 3.84. The summed E-state index contributed by atoms with van der Waals surface area (Å²) < 4.78 is 11.3. The van der Waals surface area contributed by atoms with E-state index in [1.54, 1.807) is 0 Å². The first-order valence-electron chi connectivity index (χ1n) is 5.78. The maximum absolute atomic E-state index is 11.3. The van der Waals surface area contributed by atoms with Gasteiger partial charge in [-0.15, -0.1) is 0 Å². The van der Waals surface area contributed by atoms with E-state index in [-0.39, 0.29) is 6.04 Å². The van der Waals surface area contributed by atoms with E-state index in [2.05, 4.69) is 11.4 Å². The van der Waals surface area contributed by atoms with Crippen molar-refractivity contribution >= 4 is 10.8 Å². The molecule has 1 aromatic carbocycles.